The zero-order chi connectivity index (χ0) is 22.0. The van der Waals surface area contributed by atoms with Gasteiger partial charge in [0, 0.05) is 17.6 Å². The Bertz CT molecular complexity index is 1230. The number of aromatic nitrogens is 2. The van der Waals surface area contributed by atoms with Crippen molar-refractivity contribution in [2.75, 3.05) is 6.54 Å². The lowest BCUT2D eigenvalue weighted by atomic mass is 10.00. The fraction of sp³-hybridized carbons (Fsp3) is 0.375. The van der Waals surface area contributed by atoms with Crippen LogP contribution in [0.15, 0.2) is 58.1 Å². The Morgan fingerprint density at radius 3 is 2.65 bits per heavy atom. The molecule has 31 heavy (non-hydrogen) atoms. The number of hydrogen-bond acceptors (Lipinski definition) is 3. The molecule has 1 unspecified atom stereocenters. The Hall–Kier alpha value is -2.86. The minimum absolute atomic E-state index is 0.0771. The van der Waals surface area contributed by atoms with Crippen LogP contribution >= 0.6 is 11.6 Å². The van der Waals surface area contributed by atoms with Gasteiger partial charge < -0.3 is 4.90 Å². The molecule has 1 atom stereocenters. The van der Waals surface area contributed by atoms with E-state index in [0.717, 1.165) is 31.2 Å². The first-order valence-corrected chi connectivity index (χ1v) is 11.1. The highest BCUT2D eigenvalue weighted by Gasteiger charge is 2.26. The first-order valence-electron chi connectivity index (χ1n) is 10.8. The Balaban J connectivity index is 1.78. The number of carbonyl (C=O) groups is 1. The molecular weight excluding hydrogens is 414 g/mol. The van der Waals surface area contributed by atoms with Gasteiger partial charge in [-0.15, -0.1) is 0 Å². The van der Waals surface area contributed by atoms with Crippen LogP contribution in [0.1, 0.15) is 38.2 Å². The average Bonchev–Trinajstić information content (AvgIpc) is 2.79. The molecule has 2 heterocycles. The highest BCUT2D eigenvalue weighted by molar-refractivity contribution is 6.30. The lowest BCUT2D eigenvalue weighted by molar-refractivity contribution is -0.135. The van der Waals surface area contributed by atoms with E-state index in [2.05, 4.69) is 6.92 Å². The van der Waals surface area contributed by atoms with Crippen LogP contribution in [0.5, 0.6) is 0 Å². The van der Waals surface area contributed by atoms with Gasteiger partial charge in [0.05, 0.1) is 17.4 Å². The van der Waals surface area contributed by atoms with Crippen LogP contribution in [-0.2, 0) is 17.9 Å². The highest BCUT2D eigenvalue weighted by Crippen LogP contribution is 2.20. The zero-order valence-corrected chi connectivity index (χ0v) is 18.3. The van der Waals surface area contributed by atoms with E-state index in [1.807, 2.05) is 11.0 Å². The number of nitrogens with zero attached hydrogens (tertiary/aromatic N) is 3. The molecule has 0 aliphatic carbocycles. The Labute approximate surface area is 185 Å². The minimum atomic E-state index is -0.484. The minimum Gasteiger partial charge on any atom is -0.338 e. The van der Waals surface area contributed by atoms with Gasteiger partial charge >= 0.3 is 5.69 Å². The number of fused-ring (bicyclic) bond motifs is 1. The first-order chi connectivity index (χ1) is 15.0. The number of carbonyl (C=O) groups excluding carboxylic acids is 1. The van der Waals surface area contributed by atoms with Crippen molar-refractivity contribution in [1.82, 2.24) is 14.0 Å². The molecule has 162 valence electrons. The van der Waals surface area contributed by atoms with Crippen molar-refractivity contribution < 1.29 is 4.79 Å². The van der Waals surface area contributed by atoms with E-state index in [4.69, 9.17) is 11.6 Å². The zero-order valence-electron chi connectivity index (χ0n) is 17.6. The molecule has 0 bridgehead atoms. The van der Waals surface area contributed by atoms with E-state index in [1.165, 1.54) is 9.13 Å². The highest BCUT2D eigenvalue weighted by atomic mass is 35.5. The molecule has 0 radical (unpaired) electrons. The van der Waals surface area contributed by atoms with E-state index in [1.54, 1.807) is 42.5 Å². The summed E-state index contributed by atoms with van der Waals surface area (Å²) in [5, 5.41) is 0.958. The van der Waals surface area contributed by atoms with E-state index < -0.39 is 5.69 Å². The summed E-state index contributed by atoms with van der Waals surface area (Å²) in [6.07, 6.45) is 3.99. The van der Waals surface area contributed by atoms with Gasteiger partial charge in [-0.3, -0.25) is 18.7 Å². The third-order valence-corrected chi connectivity index (χ3v) is 6.31. The fourth-order valence-electron chi connectivity index (χ4n) is 4.46. The molecule has 1 aliphatic heterocycles. The summed E-state index contributed by atoms with van der Waals surface area (Å²) in [7, 11) is 0. The van der Waals surface area contributed by atoms with Gasteiger partial charge in [-0.25, -0.2) is 4.79 Å². The third-order valence-electron chi connectivity index (χ3n) is 6.07. The van der Waals surface area contributed by atoms with Crippen LogP contribution in [0.3, 0.4) is 0 Å². The number of rotatable bonds is 5. The largest absolute Gasteiger partial charge is 0.338 e. The van der Waals surface area contributed by atoms with Gasteiger partial charge in [0.2, 0.25) is 5.91 Å². The van der Waals surface area contributed by atoms with Crippen LogP contribution < -0.4 is 11.2 Å². The second-order valence-electron chi connectivity index (χ2n) is 8.05. The standard InChI is InChI=1S/C24H26ClN3O3/c1-2-19-10-5-6-13-26(19)22(29)16-27-21-12-4-3-11-20(21)23(30)28(24(27)31)15-17-8-7-9-18(25)14-17/h3-4,7-9,11-12,14,19H,2,5-6,10,13,15-16H2,1H3. The van der Waals surface area contributed by atoms with Gasteiger partial charge in [-0.2, -0.15) is 0 Å². The predicted octanol–water partition coefficient (Wildman–Crippen LogP) is 3.66. The maximum atomic E-state index is 13.4. The van der Waals surface area contributed by atoms with Crippen LogP contribution in [-0.4, -0.2) is 32.5 Å². The number of para-hydroxylation sites is 1. The Morgan fingerprint density at radius 1 is 1.06 bits per heavy atom. The van der Waals surface area contributed by atoms with Crippen molar-refractivity contribution >= 4 is 28.4 Å². The summed E-state index contributed by atoms with van der Waals surface area (Å²) >= 11 is 6.08. The molecular formula is C24H26ClN3O3. The third kappa shape index (κ3) is 4.30. The maximum Gasteiger partial charge on any atom is 0.332 e. The molecule has 0 spiro atoms. The quantitative estimate of drug-likeness (QED) is 0.609. The average molecular weight is 440 g/mol. The van der Waals surface area contributed by atoms with Gasteiger partial charge in [-0.05, 0) is 55.5 Å². The molecule has 1 aromatic heterocycles. The van der Waals surface area contributed by atoms with Crippen molar-refractivity contribution in [3.05, 3.63) is 80.0 Å². The van der Waals surface area contributed by atoms with E-state index in [0.29, 0.717) is 22.5 Å². The van der Waals surface area contributed by atoms with Crippen molar-refractivity contribution in [1.29, 1.82) is 0 Å². The van der Waals surface area contributed by atoms with E-state index in [9.17, 15) is 14.4 Å². The van der Waals surface area contributed by atoms with Crippen molar-refractivity contribution in [3.63, 3.8) is 0 Å². The molecule has 4 rings (SSSR count). The second-order valence-corrected chi connectivity index (χ2v) is 8.49. The SMILES string of the molecule is CCC1CCCCN1C(=O)Cn1c(=O)n(Cc2cccc(Cl)c2)c(=O)c2ccccc21. The van der Waals surface area contributed by atoms with Gasteiger partial charge in [0.15, 0.2) is 0 Å². The summed E-state index contributed by atoms with van der Waals surface area (Å²) in [4.78, 5) is 41.6. The summed E-state index contributed by atoms with van der Waals surface area (Å²) < 4.78 is 2.62. The van der Waals surface area contributed by atoms with Crippen LogP contribution in [0.4, 0.5) is 0 Å². The summed E-state index contributed by atoms with van der Waals surface area (Å²) in [6.45, 7) is 2.82. The number of piperidine rings is 1. The fourth-order valence-corrected chi connectivity index (χ4v) is 4.67. The van der Waals surface area contributed by atoms with Crippen LogP contribution in [0, 0.1) is 0 Å². The molecule has 1 saturated heterocycles. The Kier molecular flexibility index (Phi) is 6.28. The van der Waals surface area contributed by atoms with Gasteiger partial charge in [0.1, 0.15) is 6.54 Å². The lowest BCUT2D eigenvalue weighted by Crippen LogP contribution is -2.47. The Morgan fingerprint density at radius 2 is 1.87 bits per heavy atom. The summed E-state index contributed by atoms with van der Waals surface area (Å²) in [5.41, 5.74) is 0.385. The molecule has 1 fully saturated rings. The molecule has 7 heteroatoms. The smallest absolute Gasteiger partial charge is 0.332 e. The molecule has 6 nitrogen and oxygen atoms in total. The molecule has 0 N–H and O–H groups in total. The number of amides is 1. The number of halogens is 1. The topological polar surface area (TPSA) is 64.3 Å². The molecule has 3 aromatic rings. The van der Waals surface area contributed by atoms with Crippen molar-refractivity contribution in [2.45, 2.75) is 51.7 Å². The van der Waals surface area contributed by atoms with Crippen molar-refractivity contribution in [2.24, 2.45) is 0 Å². The summed E-state index contributed by atoms with van der Waals surface area (Å²) in [5.74, 6) is -0.0771. The van der Waals surface area contributed by atoms with E-state index in [-0.39, 0.29) is 30.6 Å². The normalized spacial score (nSPS) is 16.6. The molecule has 1 aliphatic rings. The number of benzene rings is 2. The van der Waals surface area contributed by atoms with Crippen molar-refractivity contribution in [3.8, 4) is 0 Å². The van der Waals surface area contributed by atoms with E-state index >= 15 is 0 Å². The first kappa shape index (κ1) is 21.4. The number of likely N-dealkylation sites (tertiary alicyclic amines) is 1. The van der Waals surface area contributed by atoms with Crippen LogP contribution in [0.25, 0.3) is 10.9 Å². The lowest BCUT2D eigenvalue weighted by Gasteiger charge is -2.35. The molecule has 0 saturated carbocycles. The molecule has 1 amide bonds. The van der Waals surface area contributed by atoms with Gasteiger partial charge in [0.25, 0.3) is 5.56 Å². The number of hydrogen-bond donors (Lipinski definition) is 0. The van der Waals surface area contributed by atoms with Gasteiger partial charge in [-0.1, -0.05) is 42.8 Å². The monoisotopic (exact) mass is 439 g/mol. The predicted molar refractivity (Wildman–Crippen MR) is 123 cm³/mol. The maximum absolute atomic E-state index is 13.4. The van der Waals surface area contributed by atoms with Crippen LogP contribution in [0.2, 0.25) is 5.02 Å². The summed E-state index contributed by atoms with van der Waals surface area (Å²) in [6, 6.07) is 14.3. The second kappa shape index (κ2) is 9.10. The molecule has 2 aromatic carbocycles.